The minimum Gasteiger partial charge on any atom is -0.497 e. The Hall–Kier alpha value is -1.54. The van der Waals surface area contributed by atoms with Crippen molar-refractivity contribution >= 4 is 38.4 Å². The maximum Gasteiger partial charge on any atom is 0.248 e. The molecule has 0 bridgehead atoms. The SMILES string of the molecule is CCCC(=O)N=C1S[C@H]2CS(=O)(=O)C[C@@H]2N1c1ccc(OC)cc1. The van der Waals surface area contributed by atoms with Gasteiger partial charge in [-0.05, 0) is 30.7 Å². The van der Waals surface area contributed by atoms with Gasteiger partial charge in [-0.1, -0.05) is 18.7 Å². The molecule has 6 nitrogen and oxygen atoms in total. The Bertz CT molecular complexity index is 759. The number of sulfone groups is 1. The molecule has 0 radical (unpaired) electrons. The topological polar surface area (TPSA) is 76.0 Å². The molecular formula is C16H20N2O4S2. The molecule has 1 aromatic carbocycles. The number of carbonyl (C=O) groups excluding carboxylic acids is 1. The van der Waals surface area contributed by atoms with Crippen molar-refractivity contribution in [2.45, 2.75) is 31.1 Å². The van der Waals surface area contributed by atoms with Crippen LogP contribution in [0.2, 0.25) is 0 Å². The predicted octanol–water partition coefficient (Wildman–Crippen LogP) is 2.10. The van der Waals surface area contributed by atoms with E-state index in [1.807, 2.05) is 36.1 Å². The Kier molecular flexibility index (Phi) is 4.87. The van der Waals surface area contributed by atoms with Gasteiger partial charge in [-0.15, -0.1) is 0 Å². The molecule has 0 aliphatic carbocycles. The summed E-state index contributed by atoms with van der Waals surface area (Å²) in [5, 5.41) is 0.522. The molecule has 2 saturated heterocycles. The fourth-order valence-corrected chi connectivity index (χ4v) is 6.92. The first-order valence-electron chi connectivity index (χ1n) is 7.85. The molecule has 2 heterocycles. The molecule has 24 heavy (non-hydrogen) atoms. The minimum absolute atomic E-state index is 0.0784. The summed E-state index contributed by atoms with van der Waals surface area (Å²) in [7, 11) is -1.45. The third-order valence-corrected chi connectivity index (χ3v) is 7.31. The van der Waals surface area contributed by atoms with Gasteiger partial charge in [0, 0.05) is 17.4 Å². The number of benzene rings is 1. The van der Waals surface area contributed by atoms with E-state index in [1.54, 1.807) is 7.11 Å². The molecule has 0 unspecified atom stereocenters. The van der Waals surface area contributed by atoms with Crippen LogP contribution < -0.4 is 9.64 Å². The van der Waals surface area contributed by atoms with Crippen LogP contribution in [-0.4, -0.2) is 49.4 Å². The Morgan fingerprint density at radius 2 is 2.04 bits per heavy atom. The maximum absolute atomic E-state index is 12.0. The third-order valence-electron chi connectivity index (χ3n) is 4.10. The number of carbonyl (C=O) groups is 1. The van der Waals surface area contributed by atoms with Gasteiger partial charge in [0.25, 0.3) is 0 Å². The van der Waals surface area contributed by atoms with Crippen LogP contribution >= 0.6 is 11.8 Å². The Morgan fingerprint density at radius 1 is 1.33 bits per heavy atom. The summed E-state index contributed by atoms with van der Waals surface area (Å²) < 4.78 is 29.1. The fourth-order valence-electron chi connectivity index (χ4n) is 2.99. The van der Waals surface area contributed by atoms with E-state index in [2.05, 4.69) is 4.99 Å². The third kappa shape index (κ3) is 3.44. The van der Waals surface area contributed by atoms with E-state index in [9.17, 15) is 13.2 Å². The van der Waals surface area contributed by atoms with E-state index in [0.717, 1.165) is 17.9 Å². The van der Waals surface area contributed by atoms with Crippen molar-refractivity contribution in [2.24, 2.45) is 4.99 Å². The standard InChI is InChI=1S/C16H20N2O4S2/c1-3-4-15(19)17-16-18(11-5-7-12(22-2)8-6-11)13-9-24(20,21)10-14(13)23-16/h5-8,13-14H,3-4,9-10H2,1-2H3/t13-,14-/m0/s1. The molecule has 2 aliphatic rings. The van der Waals surface area contributed by atoms with Gasteiger partial charge in [0.15, 0.2) is 15.0 Å². The van der Waals surface area contributed by atoms with Gasteiger partial charge in [-0.3, -0.25) is 4.79 Å². The van der Waals surface area contributed by atoms with Gasteiger partial charge < -0.3 is 9.64 Å². The summed E-state index contributed by atoms with van der Waals surface area (Å²) in [5.74, 6) is 0.788. The zero-order valence-electron chi connectivity index (χ0n) is 13.6. The number of thioether (sulfide) groups is 1. The van der Waals surface area contributed by atoms with Gasteiger partial charge in [-0.2, -0.15) is 4.99 Å². The van der Waals surface area contributed by atoms with Crippen molar-refractivity contribution in [3.8, 4) is 5.75 Å². The molecular weight excluding hydrogens is 348 g/mol. The highest BCUT2D eigenvalue weighted by atomic mass is 32.2. The van der Waals surface area contributed by atoms with E-state index in [4.69, 9.17) is 4.74 Å². The molecule has 0 N–H and O–H groups in total. The number of ether oxygens (including phenoxy) is 1. The van der Waals surface area contributed by atoms with E-state index >= 15 is 0 Å². The number of hydrogen-bond acceptors (Lipinski definition) is 5. The highest BCUT2D eigenvalue weighted by molar-refractivity contribution is 8.16. The first-order valence-corrected chi connectivity index (χ1v) is 10.6. The number of methoxy groups -OCH3 is 1. The quantitative estimate of drug-likeness (QED) is 0.810. The lowest BCUT2D eigenvalue weighted by molar-refractivity contribution is -0.117. The van der Waals surface area contributed by atoms with Crippen LogP contribution in [0.1, 0.15) is 19.8 Å². The van der Waals surface area contributed by atoms with Gasteiger partial charge in [0.2, 0.25) is 5.91 Å². The molecule has 2 aliphatic heterocycles. The Balaban J connectivity index is 1.96. The molecule has 1 amide bonds. The van der Waals surface area contributed by atoms with Crippen LogP contribution in [0.4, 0.5) is 5.69 Å². The van der Waals surface area contributed by atoms with Crippen molar-refractivity contribution < 1.29 is 17.9 Å². The Morgan fingerprint density at radius 3 is 2.67 bits per heavy atom. The highest BCUT2D eigenvalue weighted by Crippen LogP contribution is 2.41. The van der Waals surface area contributed by atoms with Crippen molar-refractivity contribution in [2.75, 3.05) is 23.5 Å². The second-order valence-corrected chi connectivity index (χ2v) is 9.27. The number of aliphatic imine (C=N–C) groups is 1. The molecule has 0 spiro atoms. The van der Waals surface area contributed by atoms with Crippen LogP contribution in [0, 0.1) is 0 Å². The molecule has 0 saturated carbocycles. The van der Waals surface area contributed by atoms with Crippen LogP contribution in [0.5, 0.6) is 5.75 Å². The fraction of sp³-hybridized carbons (Fsp3) is 0.500. The van der Waals surface area contributed by atoms with Crippen molar-refractivity contribution in [3.63, 3.8) is 0 Å². The number of hydrogen-bond donors (Lipinski definition) is 0. The Labute approximate surface area is 146 Å². The maximum atomic E-state index is 12.0. The van der Waals surface area contributed by atoms with Crippen LogP contribution in [0.3, 0.4) is 0 Å². The minimum atomic E-state index is -3.05. The summed E-state index contributed by atoms with van der Waals surface area (Å²) in [4.78, 5) is 18.1. The van der Waals surface area contributed by atoms with Crippen LogP contribution in [0.15, 0.2) is 29.3 Å². The van der Waals surface area contributed by atoms with Gasteiger partial charge in [0.1, 0.15) is 5.75 Å². The molecule has 8 heteroatoms. The monoisotopic (exact) mass is 368 g/mol. The predicted molar refractivity (Wildman–Crippen MR) is 96.6 cm³/mol. The number of nitrogens with zero attached hydrogens (tertiary/aromatic N) is 2. The number of amidine groups is 1. The molecule has 0 aromatic heterocycles. The average molecular weight is 368 g/mol. The first kappa shape index (κ1) is 17.3. The molecule has 3 rings (SSSR count). The lowest BCUT2D eigenvalue weighted by Crippen LogP contribution is -2.37. The molecule has 2 fully saturated rings. The van der Waals surface area contributed by atoms with E-state index < -0.39 is 9.84 Å². The van der Waals surface area contributed by atoms with Gasteiger partial charge in [-0.25, -0.2) is 8.42 Å². The van der Waals surface area contributed by atoms with Gasteiger partial charge in [0.05, 0.1) is 24.7 Å². The van der Waals surface area contributed by atoms with Crippen LogP contribution in [-0.2, 0) is 14.6 Å². The van der Waals surface area contributed by atoms with E-state index in [-0.39, 0.29) is 28.7 Å². The van der Waals surface area contributed by atoms with E-state index in [1.165, 1.54) is 11.8 Å². The lowest BCUT2D eigenvalue weighted by atomic mass is 10.2. The second-order valence-electron chi connectivity index (χ2n) is 5.91. The largest absolute Gasteiger partial charge is 0.497 e. The normalized spacial score (nSPS) is 26.6. The summed E-state index contributed by atoms with van der Waals surface area (Å²) >= 11 is 1.40. The smallest absolute Gasteiger partial charge is 0.248 e. The molecule has 130 valence electrons. The summed E-state index contributed by atoms with van der Waals surface area (Å²) in [6.45, 7) is 1.93. The number of rotatable bonds is 4. The zero-order chi connectivity index (χ0) is 17.3. The first-order chi connectivity index (χ1) is 11.4. The summed E-state index contributed by atoms with van der Waals surface area (Å²) in [6, 6.07) is 7.20. The van der Waals surface area contributed by atoms with Crippen molar-refractivity contribution in [1.29, 1.82) is 0 Å². The number of fused-ring (bicyclic) bond motifs is 1. The second kappa shape index (κ2) is 6.76. The molecule has 2 atom stereocenters. The van der Waals surface area contributed by atoms with Crippen molar-refractivity contribution in [3.05, 3.63) is 24.3 Å². The average Bonchev–Trinajstić information content (AvgIpc) is 2.98. The zero-order valence-corrected chi connectivity index (χ0v) is 15.3. The van der Waals surface area contributed by atoms with Crippen LogP contribution in [0.25, 0.3) is 0 Å². The highest BCUT2D eigenvalue weighted by Gasteiger charge is 2.49. The van der Waals surface area contributed by atoms with E-state index in [0.29, 0.717) is 11.6 Å². The van der Waals surface area contributed by atoms with Crippen molar-refractivity contribution in [1.82, 2.24) is 0 Å². The molecule has 1 aromatic rings. The summed E-state index contributed by atoms with van der Waals surface area (Å²) in [5.41, 5.74) is 0.830. The van der Waals surface area contributed by atoms with Gasteiger partial charge >= 0.3 is 0 Å². The number of amides is 1. The summed E-state index contributed by atoms with van der Waals surface area (Å²) in [6.07, 6.45) is 1.14. The number of anilines is 1. The lowest BCUT2D eigenvalue weighted by Gasteiger charge is -2.24.